The van der Waals surface area contributed by atoms with E-state index < -0.39 is 0 Å². The molecule has 0 atom stereocenters. The average molecular weight is 895 g/mol. The van der Waals surface area contributed by atoms with E-state index in [-0.39, 0.29) is 29.2 Å². The second kappa shape index (κ2) is 16.6. The van der Waals surface area contributed by atoms with Gasteiger partial charge in [-0.25, -0.2) is 9.97 Å². The Kier molecular flexibility index (Phi) is 12.3. The minimum Gasteiger partial charge on any atom is -0.399 e. The third-order valence-corrected chi connectivity index (χ3v) is 14.4. The van der Waals surface area contributed by atoms with Crippen LogP contribution in [0.4, 0.5) is 0 Å². The monoisotopic (exact) mass is 893 g/mol. The summed E-state index contributed by atoms with van der Waals surface area (Å²) in [4.78, 5) is 13.5. The molecule has 5 heterocycles. The Hall–Kier alpha value is -3.60. The smallest absolute Gasteiger partial charge is 0.399 e. The summed E-state index contributed by atoms with van der Waals surface area (Å²) in [5, 5.41) is 4.49. The van der Waals surface area contributed by atoms with Crippen LogP contribution in [0.5, 0.6) is 0 Å². The fourth-order valence-electron chi connectivity index (χ4n) is 7.07. The molecule has 1 fully saturated rings. The molecule has 60 heavy (non-hydrogen) atoms. The largest absolute Gasteiger partial charge is 0.494 e. The molecule has 0 amide bonds. The minimum absolute atomic E-state index is 0.0978. The van der Waals surface area contributed by atoms with Crippen molar-refractivity contribution in [1.82, 2.24) is 15.0 Å². The molecule has 5 nitrogen and oxygen atoms in total. The average Bonchev–Trinajstić information content (AvgIpc) is 3.78. The SMILES string of the molecule is Cc1cc(-c2ncnc3c2sc2cc(Cl)ccc23)cc(C(C)(C)C)c1.Cc1cc(B2OC(C)(C)C(C)(C)O2)cc(C(C)(C)C)c1.Clc1ccc2c(c1)sc1c(Cl)ccnc12. The number of hydrogen-bond acceptors (Lipinski definition) is 7. The normalized spacial score (nSPS) is 15.0. The number of rotatable bonds is 2. The maximum atomic E-state index is 6.17. The Morgan fingerprint density at radius 3 is 1.67 bits per heavy atom. The van der Waals surface area contributed by atoms with Crippen LogP contribution in [0.25, 0.3) is 51.9 Å². The lowest BCUT2D eigenvalue weighted by molar-refractivity contribution is 0.00578. The van der Waals surface area contributed by atoms with Crippen molar-refractivity contribution < 1.29 is 9.31 Å². The summed E-state index contributed by atoms with van der Waals surface area (Å²) in [7, 11) is -0.277. The molecule has 9 rings (SSSR count). The first-order valence-corrected chi connectivity index (χ1v) is 22.8. The van der Waals surface area contributed by atoms with Gasteiger partial charge in [0.1, 0.15) is 6.33 Å². The molecule has 0 saturated carbocycles. The topological polar surface area (TPSA) is 57.1 Å². The highest BCUT2D eigenvalue weighted by Crippen LogP contribution is 2.41. The predicted octanol–water partition coefficient (Wildman–Crippen LogP) is 15.1. The number of benzene rings is 4. The van der Waals surface area contributed by atoms with Crippen LogP contribution < -0.4 is 5.46 Å². The van der Waals surface area contributed by atoms with Crippen molar-refractivity contribution in [2.45, 2.75) is 105 Å². The number of aryl methyl sites for hydroxylation is 2. The van der Waals surface area contributed by atoms with Gasteiger partial charge in [-0.3, -0.25) is 4.98 Å². The van der Waals surface area contributed by atoms with Crippen LogP contribution in [0, 0.1) is 13.8 Å². The molecule has 1 saturated heterocycles. The minimum atomic E-state index is -0.288. The van der Waals surface area contributed by atoms with Crippen molar-refractivity contribution >= 4 is 111 Å². The zero-order valence-electron chi connectivity index (χ0n) is 36.3. The number of aromatic nitrogens is 3. The lowest BCUT2D eigenvalue weighted by Crippen LogP contribution is -2.41. The molecule has 8 aromatic rings. The summed E-state index contributed by atoms with van der Waals surface area (Å²) in [5.41, 5.74) is 10.0. The van der Waals surface area contributed by atoms with Gasteiger partial charge in [-0.05, 0) is 124 Å². The van der Waals surface area contributed by atoms with E-state index in [4.69, 9.17) is 44.1 Å². The maximum absolute atomic E-state index is 6.17. The van der Waals surface area contributed by atoms with Crippen LogP contribution in [0.3, 0.4) is 0 Å². The number of pyridine rings is 1. The molecule has 4 aromatic carbocycles. The van der Waals surface area contributed by atoms with Gasteiger partial charge in [0.25, 0.3) is 0 Å². The molecule has 0 N–H and O–H groups in total. The summed E-state index contributed by atoms with van der Waals surface area (Å²) >= 11 is 21.5. The Morgan fingerprint density at radius 2 is 1.10 bits per heavy atom. The van der Waals surface area contributed by atoms with Gasteiger partial charge in [-0.15, -0.1) is 22.7 Å². The van der Waals surface area contributed by atoms with Gasteiger partial charge in [-0.1, -0.05) is 112 Å². The van der Waals surface area contributed by atoms with Crippen LogP contribution in [-0.2, 0) is 20.1 Å². The predicted molar refractivity (Wildman–Crippen MR) is 262 cm³/mol. The number of hydrogen-bond donors (Lipinski definition) is 0. The highest BCUT2D eigenvalue weighted by molar-refractivity contribution is 7.26. The lowest BCUT2D eigenvalue weighted by Gasteiger charge is -2.32. The first-order valence-electron chi connectivity index (χ1n) is 20.1. The third-order valence-electron chi connectivity index (χ3n) is 11.2. The number of thiophene rings is 2. The fraction of sp³-hybridized carbons (Fsp3) is 0.327. The van der Waals surface area contributed by atoms with Crippen LogP contribution in [0.2, 0.25) is 15.1 Å². The molecule has 0 unspecified atom stereocenters. The lowest BCUT2D eigenvalue weighted by atomic mass is 9.74. The summed E-state index contributed by atoms with van der Waals surface area (Å²) < 4.78 is 16.7. The zero-order chi connectivity index (χ0) is 43.5. The van der Waals surface area contributed by atoms with E-state index in [1.165, 1.54) is 22.3 Å². The summed E-state index contributed by atoms with van der Waals surface area (Å²) in [6.07, 6.45) is 3.39. The molecule has 4 aromatic heterocycles. The molecular weight excluding hydrogens is 844 g/mol. The number of halogens is 3. The first kappa shape index (κ1) is 44.5. The summed E-state index contributed by atoms with van der Waals surface area (Å²) in [6, 6.07) is 26.9. The highest BCUT2D eigenvalue weighted by atomic mass is 35.5. The second-order valence-corrected chi connectivity index (χ2v) is 22.0. The third kappa shape index (κ3) is 9.27. The zero-order valence-corrected chi connectivity index (χ0v) is 40.2. The van der Waals surface area contributed by atoms with E-state index in [1.807, 2.05) is 36.4 Å². The van der Waals surface area contributed by atoms with Gasteiger partial charge in [0.15, 0.2) is 0 Å². The Labute approximate surface area is 377 Å². The van der Waals surface area contributed by atoms with E-state index >= 15 is 0 Å². The van der Waals surface area contributed by atoms with E-state index in [9.17, 15) is 0 Å². The number of nitrogens with zero attached hydrogens (tertiary/aromatic N) is 3. The molecule has 1 aliphatic heterocycles. The van der Waals surface area contributed by atoms with E-state index in [0.29, 0.717) is 0 Å². The Bertz CT molecular complexity index is 2870. The second-order valence-electron chi connectivity index (χ2n) is 18.7. The highest BCUT2D eigenvalue weighted by Gasteiger charge is 2.51. The van der Waals surface area contributed by atoms with Crippen LogP contribution in [0.1, 0.15) is 91.5 Å². The maximum Gasteiger partial charge on any atom is 0.494 e. The van der Waals surface area contributed by atoms with Crippen molar-refractivity contribution in [3.8, 4) is 11.3 Å². The van der Waals surface area contributed by atoms with Crippen molar-refractivity contribution in [2.75, 3.05) is 0 Å². The summed E-state index contributed by atoms with van der Waals surface area (Å²) in [5.74, 6) is 0. The van der Waals surface area contributed by atoms with E-state index in [2.05, 4.69) is 134 Å². The molecule has 0 spiro atoms. The van der Waals surface area contributed by atoms with Gasteiger partial charge < -0.3 is 9.31 Å². The van der Waals surface area contributed by atoms with Crippen molar-refractivity contribution in [1.29, 1.82) is 0 Å². The van der Waals surface area contributed by atoms with Gasteiger partial charge in [0, 0.05) is 42.0 Å². The standard InChI is InChI=1S/C21H19ClN2S.C17H27BO2.C11H5Cl2NS/c1-12-7-13(9-14(8-12)21(2,3)4)18-20-19(24-11-23-18)16-6-5-15(22)10-17(16)25-20;1-12-9-13(15(2,3)4)11-14(10-12)18-19-16(5,6)17(7,8)20-18;12-6-1-2-7-9(5-6)15-11-8(13)3-4-14-10(7)11/h5-11H,1-4H3;9-11H,1-8H3;1-5H. The van der Waals surface area contributed by atoms with E-state index in [1.54, 1.807) is 41.3 Å². The van der Waals surface area contributed by atoms with Crippen molar-refractivity contribution in [2.24, 2.45) is 0 Å². The van der Waals surface area contributed by atoms with Gasteiger partial charge in [0.2, 0.25) is 0 Å². The Balaban J connectivity index is 0.000000140. The quantitative estimate of drug-likeness (QED) is 0.162. The molecule has 310 valence electrons. The van der Waals surface area contributed by atoms with Gasteiger partial charge >= 0.3 is 7.12 Å². The van der Waals surface area contributed by atoms with Gasteiger partial charge in [0.05, 0.1) is 42.4 Å². The molecule has 11 heteroatoms. The summed E-state index contributed by atoms with van der Waals surface area (Å²) in [6.45, 7) is 26.0. The van der Waals surface area contributed by atoms with Crippen LogP contribution in [-0.4, -0.2) is 33.3 Å². The van der Waals surface area contributed by atoms with Crippen LogP contribution in [0.15, 0.2) is 91.4 Å². The molecule has 0 bridgehead atoms. The van der Waals surface area contributed by atoms with Crippen LogP contribution >= 0.6 is 57.5 Å². The molecule has 1 aliphatic rings. The van der Waals surface area contributed by atoms with Gasteiger partial charge in [-0.2, -0.15) is 0 Å². The fourth-order valence-corrected chi connectivity index (χ4v) is 10.1. The Morgan fingerprint density at radius 1 is 0.583 bits per heavy atom. The van der Waals surface area contributed by atoms with Crippen molar-refractivity contribution in [3.63, 3.8) is 0 Å². The molecular formula is C49H51BCl3N3O2S2. The van der Waals surface area contributed by atoms with E-state index in [0.717, 1.165) is 72.4 Å². The number of fused-ring (bicyclic) bond motifs is 6. The molecule has 0 radical (unpaired) electrons. The molecule has 0 aliphatic carbocycles. The van der Waals surface area contributed by atoms with Crippen molar-refractivity contribution in [3.05, 3.63) is 129 Å². The first-order chi connectivity index (χ1) is 28.0.